The Balaban J connectivity index is 1.75. The Morgan fingerprint density at radius 2 is 1.87 bits per heavy atom. The lowest BCUT2D eigenvalue weighted by atomic mass is 10.2. The van der Waals surface area contributed by atoms with E-state index in [0.717, 1.165) is 22.5 Å². The number of fused-ring (bicyclic) bond motifs is 1. The van der Waals surface area contributed by atoms with E-state index >= 15 is 0 Å². The first-order valence-electron chi connectivity index (χ1n) is 9.34. The van der Waals surface area contributed by atoms with E-state index in [1.807, 2.05) is 60.7 Å². The second-order valence-electron chi connectivity index (χ2n) is 6.47. The van der Waals surface area contributed by atoms with Crippen molar-refractivity contribution in [3.05, 3.63) is 88.2 Å². The minimum Gasteiger partial charge on any atom is -0.457 e. The van der Waals surface area contributed by atoms with Crippen molar-refractivity contribution in [2.24, 2.45) is 4.99 Å². The molecule has 0 spiro atoms. The molecular formula is C23H19ClN2O2S2. The molecule has 7 heteroatoms. The minimum absolute atomic E-state index is 0.336. The van der Waals surface area contributed by atoms with E-state index in [9.17, 15) is 4.79 Å². The summed E-state index contributed by atoms with van der Waals surface area (Å²) in [5, 5.41) is 0.667. The third-order valence-electron chi connectivity index (χ3n) is 4.45. The van der Waals surface area contributed by atoms with Crippen LogP contribution in [0.3, 0.4) is 0 Å². The lowest BCUT2D eigenvalue weighted by molar-refractivity contribution is 0.0995. The Morgan fingerprint density at radius 3 is 2.67 bits per heavy atom. The van der Waals surface area contributed by atoms with Crippen LogP contribution >= 0.6 is 34.7 Å². The first-order valence-corrected chi connectivity index (χ1v) is 11.9. The molecular weight excluding hydrogens is 436 g/mol. The zero-order valence-electron chi connectivity index (χ0n) is 16.2. The van der Waals surface area contributed by atoms with E-state index in [0.29, 0.717) is 26.9 Å². The number of hydrogen-bond donors (Lipinski definition) is 0. The lowest BCUT2D eigenvalue weighted by Gasteiger charge is -2.08. The number of hydrogen-bond acceptors (Lipinski definition) is 4. The van der Waals surface area contributed by atoms with Gasteiger partial charge in [-0.1, -0.05) is 53.3 Å². The molecule has 1 amide bonds. The molecule has 0 aliphatic carbocycles. The first kappa shape index (κ1) is 20.7. The molecule has 0 aliphatic heterocycles. The standard InChI is InChI=1S/C23H19ClN2O2S2/c1-29-14-13-26-19-12-11-16(24)15-21(19)30-23(26)25-22(27)18-9-5-6-10-20(18)28-17-7-3-2-4-8-17/h2-12,15H,13-14H2,1H3. The highest BCUT2D eigenvalue weighted by Gasteiger charge is 2.14. The van der Waals surface area contributed by atoms with Gasteiger partial charge in [0.05, 0.1) is 15.8 Å². The average molecular weight is 455 g/mol. The molecule has 0 saturated carbocycles. The topological polar surface area (TPSA) is 43.6 Å². The van der Waals surface area contributed by atoms with Gasteiger partial charge in [0.1, 0.15) is 11.5 Å². The zero-order valence-corrected chi connectivity index (χ0v) is 18.6. The summed E-state index contributed by atoms with van der Waals surface area (Å²) in [5.74, 6) is 1.74. The summed E-state index contributed by atoms with van der Waals surface area (Å²) in [6.07, 6.45) is 2.06. The number of nitrogens with zero attached hydrogens (tertiary/aromatic N) is 2. The quantitative estimate of drug-likeness (QED) is 0.345. The Hall–Kier alpha value is -2.54. The number of thioether (sulfide) groups is 1. The molecule has 1 aromatic heterocycles. The molecule has 0 radical (unpaired) electrons. The predicted molar refractivity (Wildman–Crippen MR) is 126 cm³/mol. The molecule has 0 bridgehead atoms. The smallest absolute Gasteiger partial charge is 0.283 e. The average Bonchev–Trinajstić information content (AvgIpc) is 3.09. The fraction of sp³-hybridized carbons (Fsp3) is 0.130. The molecule has 0 atom stereocenters. The maximum absolute atomic E-state index is 13.1. The van der Waals surface area contributed by atoms with Gasteiger partial charge in [-0.05, 0) is 48.7 Å². The summed E-state index contributed by atoms with van der Waals surface area (Å²) in [7, 11) is 0. The molecule has 30 heavy (non-hydrogen) atoms. The van der Waals surface area contributed by atoms with Crippen LogP contribution in [0.1, 0.15) is 10.4 Å². The van der Waals surface area contributed by atoms with E-state index in [4.69, 9.17) is 16.3 Å². The van der Waals surface area contributed by atoms with Crippen LogP contribution in [0.5, 0.6) is 11.5 Å². The first-order chi connectivity index (χ1) is 14.7. The SMILES string of the molecule is CSCCn1c(=NC(=O)c2ccccc2Oc2ccccc2)sc2cc(Cl)ccc21. The molecule has 4 aromatic rings. The molecule has 0 N–H and O–H groups in total. The van der Waals surface area contributed by atoms with Crippen molar-refractivity contribution in [1.29, 1.82) is 0 Å². The van der Waals surface area contributed by atoms with Gasteiger partial charge in [0, 0.05) is 17.3 Å². The number of halogens is 1. The highest BCUT2D eigenvalue weighted by Crippen LogP contribution is 2.26. The third-order valence-corrected chi connectivity index (χ3v) is 6.32. The van der Waals surface area contributed by atoms with Gasteiger partial charge in [-0.2, -0.15) is 16.8 Å². The number of ether oxygens (including phenoxy) is 1. The molecule has 4 nitrogen and oxygen atoms in total. The van der Waals surface area contributed by atoms with Crippen LogP contribution in [0.25, 0.3) is 10.2 Å². The van der Waals surface area contributed by atoms with Gasteiger partial charge in [-0.3, -0.25) is 4.79 Å². The number of thiazole rings is 1. The highest BCUT2D eigenvalue weighted by molar-refractivity contribution is 7.98. The number of aromatic nitrogens is 1. The van der Waals surface area contributed by atoms with E-state index < -0.39 is 0 Å². The fourth-order valence-electron chi connectivity index (χ4n) is 3.03. The van der Waals surface area contributed by atoms with Gasteiger partial charge in [0.15, 0.2) is 4.80 Å². The number of aryl methyl sites for hydroxylation is 1. The van der Waals surface area contributed by atoms with Crippen LogP contribution in [0, 0.1) is 0 Å². The fourth-order valence-corrected chi connectivity index (χ4v) is 4.72. The molecule has 0 saturated heterocycles. The van der Waals surface area contributed by atoms with Crippen LogP contribution in [0.4, 0.5) is 0 Å². The summed E-state index contributed by atoms with van der Waals surface area (Å²) in [4.78, 5) is 18.2. The van der Waals surface area contributed by atoms with Gasteiger partial charge >= 0.3 is 0 Å². The third kappa shape index (κ3) is 4.61. The summed E-state index contributed by atoms with van der Waals surface area (Å²) in [5.41, 5.74) is 1.45. The van der Waals surface area contributed by atoms with Crippen molar-refractivity contribution in [3.63, 3.8) is 0 Å². The number of carbonyl (C=O) groups is 1. The van der Waals surface area contributed by atoms with Crippen LogP contribution in [-0.2, 0) is 6.54 Å². The van der Waals surface area contributed by atoms with Crippen LogP contribution in [0.15, 0.2) is 77.8 Å². The van der Waals surface area contributed by atoms with Crippen LogP contribution in [0.2, 0.25) is 5.02 Å². The summed E-state index contributed by atoms with van der Waals surface area (Å²) < 4.78 is 9.01. The summed E-state index contributed by atoms with van der Waals surface area (Å²) in [6.45, 7) is 0.761. The molecule has 152 valence electrons. The van der Waals surface area contributed by atoms with Crippen molar-refractivity contribution >= 4 is 50.8 Å². The number of carbonyl (C=O) groups excluding carboxylic acids is 1. The maximum atomic E-state index is 13.1. The normalized spacial score (nSPS) is 11.7. The molecule has 0 unspecified atom stereocenters. The van der Waals surface area contributed by atoms with Gasteiger partial charge in [-0.15, -0.1) is 0 Å². The van der Waals surface area contributed by atoms with Crippen molar-refractivity contribution in [2.45, 2.75) is 6.54 Å². The molecule has 0 aliphatic rings. The molecule has 3 aromatic carbocycles. The highest BCUT2D eigenvalue weighted by atomic mass is 35.5. The van der Waals surface area contributed by atoms with Crippen molar-refractivity contribution in [1.82, 2.24) is 4.57 Å². The van der Waals surface area contributed by atoms with E-state index in [1.165, 1.54) is 11.3 Å². The van der Waals surface area contributed by atoms with Gasteiger partial charge in [0.25, 0.3) is 5.91 Å². The second-order valence-corrected chi connectivity index (χ2v) is 8.90. The molecule has 4 rings (SSSR count). The van der Waals surface area contributed by atoms with Gasteiger partial charge in [0.2, 0.25) is 0 Å². The summed E-state index contributed by atoms with van der Waals surface area (Å²) in [6, 6.07) is 22.3. The van der Waals surface area contributed by atoms with Crippen molar-refractivity contribution < 1.29 is 9.53 Å². The molecule has 0 fully saturated rings. The monoisotopic (exact) mass is 454 g/mol. The Labute approximate surface area is 187 Å². The predicted octanol–water partition coefficient (Wildman–Crippen LogP) is 6.25. The van der Waals surface area contributed by atoms with E-state index in [-0.39, 0.29) is 5.91 Å². The number of amides is 1. The van der Waals surface area contributed by atoms with E-state index in [1.54, 1.807) is 23.9 Å². The largest absolute Gasteiger partial charge is 0.457 e. The number of rotatable bonds is 6. The minimum atomic E-state index is -0.336. The lowest BCUT2D eigenvalue weighted by Crippen LogP contribution is -2.18. The zero-order chi connectivity index (χ0) is 20.9. The van der Waals surface area contributed by atoms with Crippen LogP contribution in [-0.4, -0.2) is 22.5 Å². The van der Waals surface area contributed by atoms with Crippen LogP contribution < -0.4 is 9.54 Å². The van der Waals surface area contributed by atoms with Crippen molar-refractivity contribution in [2.75, 3.05) is 12.0 Å². The summed E-state index contributed by atoms with van der Waals surface area (Å²) >= 11 is 9.38. The maximum Gasteiger partial charge on any atom is 0.283 e. The van der Waals surface area contributed by atoms with E-state index in [2.05, 4.69) is 15.8 Å². The number of benzene rings is 3. The molecule has 1 heterocycles. The second kappa shape index (κ2) is 9.51. The number of para-hydroxylation sites is 2. The Morgan fingerprint density at radius 1 is 1.10 bits per heavy atom. The Kier molecular flexibility index (Phi) is 6.57. The van der Waals surface area contributed by atoms with Gasteiger partial charge < -0.3 is 9.30 Å². The van der Waals surface area contributed by atoms with Crippen molar-refractivity contribution in [3.8, 4) is 11.5 Å². The Bertz CT molecular complexity index is 1250. The van der Waals surface area contributed by atoms with Gasteiger partial charge in [-0.25, -0.2) is 0 Å².